The summed E-state index contributed by atoms with van der Waals surface area (Å²) < 4.78 is 26.4. The van der Waals surface area contributed by atoms with E-state index in [0.29, 0.717) is 23.0 Å². The van der Waals surface area contributed by atoms with Crippen molar-refractivity contribution in [3.8, 4) is 0 Å². The highest BCUT2D eigenvalue weighted by Gasteiger charge is 2.22. The van der Waals surface area contributed by atoms with Crippen molar-refractivity contribution in [1.29, 1.82) is 0 Å². The zero-order valence-electron chi connectivity index (χ0n) is 12.3. The van der Waals surface area contributed by atoms with E-state index in [9.17, 15) is 13.2 Å². The van der Waals surface area contributed by atoms with Crippen LogP contribution in [0.2, 0.25) is 0 Å². The van der Waals surface area contributed by atoms with Crippen molar-refractivity contribution in [1.82, 2.24) is 4.31 Å². The largest absolute Gasteiger partial charge is 0.326 e. The molecule has 0 aliphatic heterocycles. The molecule has 21 heavy (non-hydrogen) atoms. The van der Waals surface area contributed by atoms with Crippen LogP contribution in [0, 0.1) is 0 Å². The molecule has 0 fully saturated rings. The number of carbonyl (C=O) groups excluding carboxylic acids is 1. The minimum atomic E-state index is -3.54. The highest BCUT2D eigenvalue weighted by atomic mass is 32.2. The first-order valence-corrected chi connectivity index (χ1v) is 8.07. The van der Waals surface area contributed by atoms with Gasteiger partial charge in [-0.1, -0.05) is 31.2 Å². The Hall–Kier alpha value is -1.92. The Morgan fingerprint density at radius 1 is 1.14 bits per heavy atom. The van der Waals surface area contributed by atoms with Crippen LogP contribution in [0.25, 0.3) is 10.8 Å². The molecule has 0 unspecified atom stereocenters. The molecular weight excluding hydrogens is 288 g/mol. The zero-order valence-corrected chi connectivity index (χ0v) is 13.1. The van der Waals surface area contributed by atoms with E-state index in [1.165, 1.54) is 17.3 Å². The van der Waals surface area contributed by atoms with Gasteiger partial charge in [-0.25, -0.2) is 12.7 Å². The molecule has 0 saturated carbocycles. The van der Waals surface area contributed by atoms with Gasteiger partial charge < -0.3 is 5.32 Å². The summed E-state index contributed by atoms with van der Waals surface area (Å²) >= 11 is 0. The second kappa shape index (κ2) is 5.83. The minimum Gasteiger partial charge on any atom is -0.326 e. The van der Waals surface area contributed by atoms with E-state index in [2.05, 4.69) is 5.32 Å². The van der Waals surface area contributed by atoms with Gasteiger partial charge in [0.2, 0.25) is 15.9 Å². The van der Waals surface area contributed by atoms with Gasteiger partial charge in [-0.15, -0.1) is 0 Å². The third-order valence-corrected chi connectivity index (χ3v) is 5.32. The van der Waals surface area contributed by atoms with E-state index in [0.717, 1.165) is 0 Å². The summed E-state index contributed by atoms with van der Waals surface area (Å²) in [5.74, 6) is -0.193. The van der Waals surface area contributed by atoms with E-state index >= 15 is 0 Å². The maximum atomic E-state index is 12.5. The van der Waals surface area contributed by atoms with Crippen molar-refractivity contribution in [3.63, 3.8) is 0 Å². The molecule has 0 spiro atoms. The second-order valence-corrected chi connectivity index (χ2v) is 6.77. The Morgan fingerprint density at radius 2 is 1.76 bits per heavy atom. The molecule has 2 aromatic carbocycles. The first-order chi connectivity index (χ1) is 9.87. The van der Waals surface area contributed by atoms with Crippen LogP contribution in [0.15, 0.2) is 41.3 Å². The van der Waals surface area contributed by atoms with Gasteiger partial charge in [-0.3, -0.25) is 4.79 Å². The number of hydrogen-bond donors (Lipinski definition) is 1. The molecule has 0 atom stereocenters. The lowest BCUT2D eigenvalue weighted by molar-refractivity contribution is -0.114. The van der Waals surface area contributed by atoms with E-state index in [4.69, 9.17) is 0 Å². The summed E-state index contributed by atoms with van der Waals surface area (Å²) in [6, 6.07) is 10.3. The van der Waals surface area contributed by atoms with E-state index in [1.807, 2.05) is 6.07 Å². The number of nitrogens with zero attached hydrogens (tertiary/aromatic N) is 1. The molecule has 0 saturated heterocycles. The number of amides is 1. The molecule has 0 bridgehead atoms. The molecule has 1 N–H and O–H groups in total. The lowest BCUT2D eigenvalue weighted by atomic mass is 10.1. The molecule has 2 rings (SSSR count). The Morgan fingerprint density at radius 3 is 2.33 bits per heavy atom. The van der Waals surface area contributed by atoms with Crippen LogP contribution < -0.4 is 5.32 Å². The zero-order chi connectivity index (χ0) is 15.6. The molecule has 112 valence electrons. The van der Waals surface area contributed by atoms with Gasteiger partial charge in [0.15, 0.2) is 0 Å². The van der Waals surface area contributed by atoms with E-state index in [1.54, 1.807) is 38.2 Å². The highest BCUT2D eigenvalue weighted by Crippen LogP contribution is 2.30. The molecule has 2 aromatic rings. The predicted octanol–water partition coefficient (Wildman–Crippen LogP) is 2.44. The first-order valence-electron chi connectivity index (χ1n) is 6.63. The maximum Gasteiger partial charge on any atom is 0.243 e. The number of sulfonamides is 1. The number of nitrogens with one attached hydrogen (secondary N) is 1. The molecule has 0 aromatic heterocycles. The number of carbonyl (C=O) groups is 1. The average Bonchev–Trinajstić information content (AvgIpc) is 2.45. The Labute approximate surface area is 124 Å². The van der Waals surface area contributed by atoms with Crippen LogP contribution in [0.3, 0.4) is 0 Å². The van der Waals surface area contributed by atoms with Gasteiger partial charge in [0, 0.05) is 37.0 Å². The van der Waals surface area contributed by atoms with Crippen molar-refractivity contribution in [2.24, 2.45) is 0 Å². The van der Waals surface area contributed by atoms with Crippen LogP contribution in [0.4, 0.5) is 5.69 Å². The van der Waals surface area contributed by atoms with Gasteiger partial charge >= 0.3 is 0 Å². The van der Waals surface area contributed by atoms with E-state index in [-0.39, 0.29) is 10.8 Å². The lowest BCUT2D eigenvalue weighted by Crippen LogP contribution is -2.26. The Balaban J connectivity index is 2.72. The van der Waals surface area contributed by atoms with E-state index < -0.39 is 10.0 Å². The molecule has 0 heterocycles. The maximum absolute atomic E-state index is 12.5. The number of hydrogen-bond acceptors (Lipinski definition) is 3. The summed E-state index contributed by atoms with van der Waals surface area (Å²) in [4.78, 5) is 11.5. The van der Waals surface area contributed by atoms with Crippen molar-refractivity contribution in [2.45, 2.75) is 18.7 Å². The molecule has 5 nitrogen and oxygen atoms in total. The van der Waals surface area contributed by atoms with Gasteiger partial charge in [-0.2, -0.15) is 0 Å². The van der Waals surface area contributed by atoms with Gasteiger partial charge in [0.05, 0.1) is 4.90 Å². The van der Waals surface area contributed by atoms with Crippen molar-refractivity contribution < 1.29 is 13.2 Å². The fourth-order valence-corrected chi connectivity index (χ4v) is 3.50. The summed E-state index contributed by atoms with van der Waals surface area (Å²) in [6.07, 6.45) is 0. The monoisotopic (exact) mass is 306 g/mol. The molecule has 6 heteroatoms. The molecular formula is C15H18N2O3S. The number of anilines is 1. The van der Waals surface area contributed by atoms with Crippen LogP contribution in [0.1, 0.15) is 13.8 Å². The van der Waals surface area contributed by atoms with Crippen LogP contribution in [0.5, 0.6) is 0 Å². The highest BCUT2D eigenvalue weighted by molar-refractivity contribution is 7.89. The standard InChI is InChI=1S/C15H18N2O3S/c1-4-17(3)21(19,20)15-10-9-14(16-11(2)18)12-7-5-6-8-13(12)15/h5-10H,4H2,1-3H3,(H,16,18). The third-order valence-electron chi connectivity index (χ3n) is 3.33. The quantitative estimate of drug-likeness (QED) is 0.943. The van der Waals surface area contributed by atoms with Gasteiger partial charge in [0.1, 0.15) is 0 Å². The fraction of sp³-hybridized carbons (Fsp3) is 0.267. The summed E-state index contributed by atoms with van der Waals surface area (Å²) in [5, 5.41) is 4.03. The Kier molecular flexibility index (Phi) is 4.29. The first kappa shape index (κ1) is 15.5. The molecule has 0 radical (unpaired) electrons. The summed E-state index contributed by atoms with van der Waals surface area (Å²) in [6.45, 7) is 3.60. The topological polar surface area (TPSA) is 66.5 Å². The SMILES string of the molecule is CCN(C)S(=O)(=O)c1ccc(NC(C)=O)c2ccccc12. The number of benzene rings is 2. The van der Waals surface area contributed by atoms with Gasteiger partial charge in [-0.05, 0) is 12.1 Å². The smallest absolute Gasteiger partial charge is 0.243 e. The van der Waals surface area contributed by atoms with Gasteiger partial charge in [0.25, 0.3) is 0 Å². The predicted molar refractivity (Wildman–Crippen MR) is 83.7 cm³/mol. The van der Waals surface area contributed by atoms with Crippen LogP contribution >= 0.6 is 0 Å². The fourth-order valence-electron chi connectivity index (χ4n) is 2.13. The second-order valence-electron chi connectivity index (χ2n) is 4.76. The van der Waals surface area contributed by atoms with Crippen LogP contribution in [-0.4, -0.2) is 32.2 Å². The molecule has 0 aliphatic carbocycles. The summed E-state index contributed by atoms with van der Waals surface area (Å²) in [5.41, 5.74) is 0.608. The number of rotatable bonds is 4. The lowest BCUT2D eigenvalue weighted by Gasteiger charge is -2.17. The normalized spacial score (nSPS) is 11.8. The van der Waals surface area contributed by atoms with Crippen molar-refractivity contribution >= 4 is 32.4 Å². The van der Waals surface area contributed by atoms with Crippen LogP contribution in [-0.2, 0) is 14.8 Å². The van der Waals surface area contributed by atoms with Crippen molar-refractivity contribution in [2.75, 3.05) is 18.9 Å². The molecule has 0 aliphatic rings. The van der Waals surface area contributed by atoms with Crippen molar-refractivity contribution in [3.05, 3.63) is 36.4 Å². The number of fused-ring (bicyclic) bond motifs is 1. The minimum absolute atomic E-state index is 0.193. The third kappa shape index (κ3) is 2.91. The molecule has 1 amide bonds. The average molecular weight is 306 g/mol. The summed E-state index contributed by atoms with van der Waals surface area (Å²) in [7, 11) is -1.99. The Bertz CT molecular complexity index is 785.